The second-order valence-electron chi connectivity index (χ2n) is 5.25. The number of carbonyl (C=O) groups is 1. The summed E-state index contributed by atoms with van der Waals surface area (Å²) < 4.78 is 4.78. The van der Waals surface area contributed by atoms with Crippen molar-refractivity contribution in [3.63, 3.8) is 0 Å². The van der Waals surface area contributed by atoms with E-state index >= 15 is 0 Å². The number of likely N-dealkylation sites (N-methyl/N-ethyl adjacent to an activating group) is 1. The first-order chi connectivity index (χ1) is 8.94. The van der Waals surface area contributed by atoms with Crippen molar-refractivity contribution in [2.45, 2.75) is 46.3 Å². The van der Waals surface area contributed by atoms with Gasteiger partial charge in [-0.2, -0.15) is 0 Å². The molecular weight excluding hydrogens is 244 g/mol. The summed E-state index contributed by atoms with van der Waals surface area (Å²) in [6, 6.07) is -0.337. The molecule has 0 aliphatic heterocycles. The molecular formula is C14H30N2O3. The lowest BCUT2D eigenvalue weighted by molar-refractivity contribution is -0.143. The van der Waals surface area contributed by atoms with E-state index in [1.807, 2.05) is 0 Å². The maximum atomic E-state index is 11.6. The Balaban J connectivity index is 4.19. The molecule has 0 bridgehead atoms. The van der Waals surface area contributed by atoms with Crippen LogP contribution in [-0.4, -0.2) is 61.4 Å². The number of hydrogen-bond donors (Lipinski definition) is 2. The molecule has 0 saturated heterocycles. The molecule has 0 rings (SSSR count). The molecule has 0 radical (unpaired) electrons. The summed E-state index contributed by atoms with van der Waals surface area (Å²) >= 11 is 0. The lowest BCUT2D eigenvalue weighted by Gasteiger charge is -2.24. The average molecular weight is 274 g/mol. The van der Waals surface area contributed by atoms with Crippen LogP contribution in [0.3, 0.4) is 0 Å². The Bertz CT molecular complexity index is 243. The maximum Gasteiger partial charge on any atom is 0.322 e. The lowest BCUT2D eigenvalue weighted by atomic mass is 10.0. The maximum absolute atomic E-state index is 11.6. The molecule has 0 amide bonds. The monoisotopic (exact) mass is 274 g/mol. The first-order valence-electron chi connectivity index (χ1n) is 7.16. The van der Waals surface area contributed by atoms with Crippen LogP contribution < -0.4 is 5.32 Å². The van der Waals surface area contributed by atoms with Gasteiger partial charge in [0.2, 0.25) is 0 Å². The molecule has 0 aliphatic carbocycles. The van der Waals surface area contributed by atoms with Crippen molar-refractivity contribution in [3.05, 3.63) is 0 Å². The summed E-state index contributed by atoms with van der Waals surface area (Å²) in [6.07, 6.45) is 0.240. The van der Waals surface area contributed by atoms with E-state index in [4.69, 9.17) is 4.74 Å². The Labute approximate surface area is 117 Å². The summed E-state index contributed by atoms with van der Waals surface area (Å²) in [5.74, 6) is 0.139. The van der Waals surface area contributed by atoms with Gasteiger partial charge in [-0.3, -0.25) is 4.79 Å². The van der Waals surface area contributed by atoms with Crippen LogP contribution in [0.15, 0.2) is 0 Å². The summed E-state index contributed by atoms with van der Waals surface area (Å²) in [5.41, 5.74) is 0. The normalized spacial score (nSPS) is 14.7. The van der Waals surface area contributed by atoms with Gasteiger partial charge < -0.3 is 20.1 Å². The van der Waals surface area contributed by atoms with Crippen molar-refractivity contribution < 1.29 is 14.6 Å². The fraction of sp³-hybridized carbons (Fsp3) is 0.929. The molecule has 0 heterocycles. The van der Waals surface area contributed by atoms with Crippen molar-refractivity contribution in [1.82, 2.24) is 10.2 Å². The van der Waals surface area contributed by atoms with Gasteiger partial charge in [0.15, 0.2) is 0 Å². The van der Waals surface area contributed by atoms with E-state index in [-0.39, 0.29) is 12.0 Å². The zero-order chi connectivity index (χ0) is 14.8. The number of nitrogens with one attached hydrogen (secondary N) is 1. The number of nitrogens with zero attached hydrogens (tertiary/aromatic N) is 1. The van der Waals surface area contributed by atoms with Crippen LogP contribution in [0.1, 0.15) is 34.1 Å². The quantitative estimate of drug-likeness (QED) is 0.579. The van der Waals surface area contributed by atoms with Gasteiger partial charge in [0.1, 0.15) is 6.04 Å². The van der Waals surface area contributed by atoms with Crippen LogP contribution in [0, 0.1) is 5.92 Å². The van der Waals surface area contributed by atoms with Gasteiger partial charge in [0.05, 0.1) is 13.2 Å². The molecule has 114 valence electrons. The summed E-state index contributed by atoms with van der Waals surface area (Å²) in [5, 5.41) is 13.1. The first-order valence-corrected chi connectivity index (χ1v) is 7.16. The van der Waals surface area contributed by atoms with Crippen molar-refractivity contribution in [1.29, 1.82) is 0 Å². The summed E-state index contributed by atoms with van der Waals surface area (Å²) in [6.45, 7) is 11.1. The van der Waals surface area contributed by atoms with E-state index in [1.165, 1.54) is 7.11 Å². The highest BCUT2D eigenvalue weighted by atomic mass is 16.5. The predicted molar refractivity (Wildman–Crippen MR) is 77.1 cm³/mol. The molecule has 2 unspecified atom stereocenters. The van der Waals surface area contributed by atoms with Gasteiger partial charge in [-0.1, -0.05) is 27.7 Å². The number of aliphatic hydroxyl groups is 1. The molecule has 2 N–H and O–H groups in total. The van der Waals surface area contributed by atoms with Crippen molar-refractivity contribution in [2.75, 3.05) is 33.3 Å². The van der Waals surface area contributed by atoms with Crippen molar-refractivity contribution in [3.8, 4) is 0 Å². The molecule has 0 saturated carbocycles. The Morgan fingerprint density at radius 3 is 2.32 bits per heavy atom. The zero-order valence-electron chi connectivity index (χ0n) is 13.0. The molecule has 5 nitrogen and oxygen atoms in total. The van der Waals surface area contributed by atoms with E-state index in [9.17, 15) is 9.90 Å². The van der Waals surface area contributed by atoms with Crippen LogP contribution in [-0.2, 0) is 9.53 Å². The topological polar surface area (TPSA) is 61.8 Å². The second kappa shape index (κ2) is 10.2. The van der Waals surface area contributed by atoms with E-state index in [2.05, 4.69) is 37.9 Å². The average Bonchev–Trinajstić information content (AvgIpc) is 2.39. The van der Waals surface area contributed by atoms with Gasteiger partial charge in [0.25, 0.3) is 0 Å². The van der Waals surface area contributed by atoms with E-state index < -0.39 is 6.10 Å². The van der Waals surface area contributed by atoms with Crippen LogP contribution >= 0.6 is 0 Å². The molecule has 0 spiro atoms. The van der Waals surface area contributed by atoms with Gasteiger partial charge in [-0.05, 0) is 25.4 Å². The van der Waals surface area contributed by atoms with Crippen LogP contribution in [0.2, 0.25) is 0 Å². The molecule has 0 aliphatic rings. The number of rotatable bonds is 10. The lowest BCUT2D eigenvalue weighted by Crippen LogP contribution is -2.45. The molecule has 5 heteroatoms. The van der Waals surface area contributed by atoms with E-state index in [0.717, 1.165) is 13.1 Å². The minimum atomic E-state index is -0.473. The van der Waals surface area contributed by atoms with Crippen molar-refractivity contribution in [2.24, 2.45) is 5.92 Å². The molecule has 0 aromatic rings. The predicted octanol–water partition coefficient (Wildman–Crippen LogP) is 0.866. The number of esters is 1. The van der Waals surface area contributed by atoms with E-state index in [1.54, 1.807) is 0 Å². The van der Waals surface area contributed by atoms with Gasteiger partial charge in [-0.15, -0.1) is 0 Å². The van der Waals surface area contributed by atoms with E-state index in [0.29, 0.717) is 25.4 Å². The third-order valence-electron chi connectivity index (χ3n) is 3.16. The Morgan fingerprint density at radius 2 is 1.89 bits per heavy atom. The highest BCUT2D eigenvalue weighted by Crippen LogP contribution is 2.06. The Morgan fingerprint density at radius 1 is 1.32 bits per heavy atom. The van der Waals surface area contributed by atoms with Crippen molar-refractivity contribution >= 4 is 5.97 Å². The summed E-state index contributed by atoms with van der Waals surface area (Å²) in [4.78, 5) is 13.8. The largest absolute Gasteiger partial charge is 0.468 e. The number of hydrogen-bond acceptors (Lipinski definition) is 5. The van der Waals surface area contributed by atoms with Gasteiger partial charge in [0, 0.05) is 13.1 Å². The summed E-state index contributed by atoms with van der Waals surface area (Å²) in [7, 11) is 1.39. The SMILES string of the molecule is CCN(CC)CC(O)CNC(CC(C)C)C(=O)OC. The zero-order valence-corrected chi connectivity index (χ0v) is 13.0. The molecule has 0 aromatic carbocycles. The number of ether oxygens (including phenoxy) is 1. The second-order valence-corrected chi connectivity index (χ2v) is 5.25. The molecule has 2 atom stereocenters. The first kappa shape index (κ1) is 18.4. The number of methoxy groups -OCH3 is 1. The van der Waals surface area contributed by atoms with Crippen LogP contribution in [0.25, 0.3) is 0 Å². The minimum Gasteiger partial charge on any atom is -0.468 e. The molecule has 0 aromatic heterocycles. The molecule has 19 heavy (non-hydrogen) atoms. The Hall–Kier alpha value is -0.650. The highest BCUT2D eigenvalue weighted by molar-refractivity contribution is 5.75. The number of carbonyl (C=O) groups excluding carboxylic acids is 1. The van der Waals surface area contributed by atoms with Crippen LogP contribution in [0.4, 0.5) is 0 Å². The fourth-order valence-electron chi connectivity index (χ4n) is 2.00. The third-order valence-corrected chi connectivity index (χ3v) is 3.16. The third kappa shape index (κ3) is 8.18. The van der Waals surface area contributed by atoms with Gasteiger partial charge in [-0.25, -0.2) is 0 Å². The highest BCUT2D eigenvalue weighted by Gasteiger charge is 2.21. The number of aliphatic hydroxyl groups excluding tert-OH is 1. The molecule has 0 fully saturated rings. The smallest absolute Gasteiger partial charge is 0.322 e. The van der Waals surface area contributed by atoms with Crippen LogP contribution in [0.5, 0.6) is 0 Å². The fourth-order valence-corrected chi connectivity index (χ4v) is 2.00. The minimum absolute atomic E-state index is 0.260. The van der Waals surface area contributed by atoms with Gasteiger partial charge >= 0.3 is 5.97 Å². The standard InChI is InChI=1S/C14H30N2O3/c1-6-16(7-2)10-12(17)9-15-13(8-11(3)4)14(18)19-5/h11-13,15,17H,6-10H2,1-5H3. The Kier molecular flexibility index (Phi) is 9.83.